The summed E-state index contributed by atoms with van der Waals surface area (Å²) in [5.41, 5.74) is 9.10. The van der Waals surface area contributed by atoms with E-state index in [9.17, 15) is 0 Å². The quantitative estimate of drug-likeness (QED) is 0.197. The Bertz CT molecular complexity index is 2230. The molecule has 4 aromatic carbocycles. The van der Waals surface area contributed by atoms with Crippen molar-refractivity contribution in [1.29, 1.82) is 0 Å². The molecule has 0 saturated heterocycles. The molecule has 7 aromatic rings. The third kappa shape index (κ3) is 4.74. The van der Waals surface area contributed by atoms with Gasteiger partial charge in [0.25, 0.3) is 0 Å². The van der Waals surface area contributed by atoms with Gasteiger partial charge in [0.05, 0.1) is 29.1 Å². The Morgan fingerprint density at radius 2 is 1.48 bits per heavy atom. The number of aromatic nitrogens is 3. The summed E-state index contributed by atoms with van der Waals surface area (Å²) in [6, 6.07) is 40.2. The highest BCUT2D eigenvalue weighted by atomic mass is 16.5. The van der Waals surface area contributed by atoms with E-state index in [-0.39, 0.29) is 5.41 Å². The summed E-state index contributed by atoms with van der Waals surface area (Å²) >= 11 is 0. The second-order valence-electron chi connectivity index (χ2n) is 12.9. The van der Waals surface area contributed by atoms with E-state index in [0.29, 0.717) is 11.6 Å². The van der Waals surface area contributed by atoms with Crippen LogP contribution in [0, 0.1) is 0 Å². The van der Waals surface area contributed by atoms with Crippen molar-refractivity contribution in [2.75, 3.05) is 23.5 Å². The van der Waals surface area contributed by atoms with E-state index in [1.165, 1.54) is 22.3 Å². The molecule has 3 aromatic heterocycles. The van der Waals surface area contributed by atoms with Gasteiger partial charge in [-0.05, 0) is 59.0 Å². The first kappa shape index (κ1) is 27.9. The van der Waals surface area contributed by atoms with Crippen LogP contribution >= 0.6 is 0 Å². The van der Waals surface area contributed by atoms with Crippen molar-refractivity contribution in [3.05, 3.63) is 133 Å². The molecule has 4 heterocycles. The van der Waals surface area contributed by atoms with Crippen LogP contribution < -0.4 is 14.5 Å². The first-order valence-electron chi connectivity index (χ1n) is 15.7. The Hall–Kier alpha value is -5.62. The molecule has 0 fully saturated rings. The number of anilines is 3. The van der Waals surface area contributed by atoms with Gasteiger partial charge < -0.3 is 14.5 Å². The molecule has 46 heavy (non-hydrogen) atoms. The number of para-hydroxylation sites is 3. The van der Waals surface area contributed by atoms with Crippen LogP contribution in [0.5, 0.6) is 11.6 Å². The Balaban J connectivity index is 1.27. The van der Waals surface area contributed by atoms with Gasteiger partial charge in [0.2, 0.25) is 5.88 Å². The summed E-state index contributed by atoms with van der Waals surface area (Å²) in [4.78, 5) is 14.0. The maximum atomic E-state index is 6.50. The monoisotopic (exact) mass is 601 g/mol. The average molecular weight is 602 g/mol. The van der Waals surface area contributed by atoms with Crippen LogP contribution in [0.1, 0.15) is 26.3 Å². The van der Waals surface area contributed by atoms with Gasteiger partial charge in [0.15, 0.2) is 0 Å². The van der Waals surface area contributed by atoms with Gasteiger partial charge in [-0.2, -0.15) is 0 Å². The van der Waals surface area contributed by atoms with Crippen molar-refractivity contribution in [1.82, 2.24) is 14.5 Å². The highest BCUT2D eigenvalue weighted by Gasteiger charge is 2.25. The van der Waals surface area contributed by atoms with Crippen molar-refractivity contribution < 1.29 is 4.74 Å². The van der Waals surface area contributed by atoms with Crippen LogP contribution in [0.15, 0.2) is 128 Å². The van der Waals surface area contributed by atoms with E-state index in [1.54, 1.807) is 0 Å². The molecule has 0 N–H and O–H groups in total. The lowest BCUT2D eigenvalue weighted by Gasteiger charge is -2.20. The zero-order chi connectivity index (χ0) is 31.4. The molecule has 6 nitrogen and oxygen atoms in total. The topological polar surface area (TPSA) is 46.4 Å². The largest absolute Gasteiger partial charge is 0.439 e. The van der Waals surface area contributed by atoms with Crippen molar-refractivity contribution in [3.8, 4) is 28.6 Å². The number of rotatable bonds is 5. The first-order valence-corrected chi connectivity index (χ1v) is 15.7. The maximum Gasteiger partial charge on any atom is 0.221 e. The molecule has 0 amide bonds. The Morgan fingerprint density at radius 3 is 2.30 bits per heavy atom. The number of hydrogen-bond donors (Lipinski definition) is 0. The first-order chi connectivity index (χ1) is 22.3. The highest BCUT2D eigenvalue weighted by Crippen LogP contribution is 2.42. The minimum absolute atomic E-state index is 0.0195. The Labute approximate surface area is 269 Å². The van der Waals surface area contributed by atoms with Gasteiger partial charge in [0, 0.05) is 53.6 Å². The van der Waals surface area contributed by atoms with E-state index >= 15 is 0 Å². The standard InChI is InChI=1S/C40H35N5O/c1-40(2,3)28-19-21-41-37(23-28)45-36-25-30(17-18-32(36)33-14-10-13-31(39(33)45)27-11-6-5-7-12-27)46-38-24-29(20-22-42-38)44-26-43(4)34-15-8-9-16-35(34)44/h5-25H,26H2,1-4H3. The predicted molar refractivity (Wildman–Crippen MR) is 189 cm³/mol. The number of pyridine rings is 2. The lowest BCUT2D eigenvalue weighted by molar-refractivity contribution is 0.463. The van der Waals surface area contributed by atoms with Crippen LogP contribution in [0.4, 0.5) is 17.1 Å². The second-order valence-corrected chi connectivity index (χ2v) is 12.9. The van der Waals surface area contributed by atoms with Gasteiger partial charge in [-0.15, -0.1) is 0 Å². The number of benzene rings is 4. The average Bonchev–Trinajstić information content (AvgIpc) is 3.59. The lowest BCUT2D eigenvalue weighted by atomic mass is 9.88. The smallest absolute Gasteiger partial charge is 0.221 e. The molecular weight excluding hydrogens is 566 g/mol. The molecule has 226 valence electrons. The molecule has 0 atom stereocenters. The molecule has 6 heteroatoms. The van der Waals surface area contributed by atoms with Crippen LogP contribution in [0.25, 0.3) is 38.8 Å². The van der Waals surface area contributed by atoms with Crippen LogP contribution in [0.3, 0.4) is 0 Å². The summed E-state index contributed by atoms with van der Waals surface area (Å²) in [6.45, 7) is 7.47. The van der Waals surface area contributed by atoms with Gasteiger partial charge in [0.1, 0.15) is 11.6 Å². The zero-order valence-electron chi connectivity index (χ0n) is 26.5. The van der Waals surface area contributed by atoms with Crippen molar-refractivity contribution in [3.63, 3.8) is 0 Å². The van der Waals surface area contributed by atoms with E-state index in [1.807, 2.05) is 30.6 Å². The van der Waals surface area contributed by atoms with Crippen molar-refractivity contribution >= 4 is 38.9 Å². The fourth-order valence-corrected chi connectivity index (χ4v) is 6.55. The summed E-state index contributed by atoms with van der Waals surface area (Å²) in [5.74, 6) is 2.14. The van der Waals surface area contributed by atoms with E-state index in [0.717, 1.165) is 45.7 Å². The number of hydrogen-bond acceptors (Lipinski definition) is 5. The Kier molecular flexibility index (Phi) is 6.53. The SMILES string of the molecule is CN1CN(c2ccnc(Oc3ccc4c5cccc(-c6ccccc6)c5n(-c5cc(C(C)(C)C)ccn5)c4c3)c2)c2ccccc21. The van der Waals surface area contributed by atoms with Crippen LogP contribution in [-0.4, -0.2) is 28.3 Å². The van der Waals surface area contributed by atoms with E-state index < -0.39 is 0 Å². The van der Waals surface area contributed by atoms with Crippen molar-refractivity contribution in [2.45, 2.75) is 26.2 Å². The fourth-order valence-electron chi connectivity index (χ4n) is 6.55. The lowest BCUT2D eigenvalue weighted by Crippen LogP contribution is -2.23. The molecule has 0 bridgehead atoms. The third-order valence-corrected chi connectivity index (χ3v) is 8.88. The summed E-state index contributed by atoms with van der Waals surface area (Å²) in [6.07, 6.45) is 3.73. The van der Waals surface area contributed by atoms with Crippen LogP contribution in [-0.2, 0) is 5.41 Å². The van der Waals surface area contributed by atoms with E-state index in [4.69, 9.17) is 9.72 Å². The van der Waals surface area contributed by atoms with Gasteiger partial charge >= 0.3 is 0 Å². The minimum atomic E-state index is -0.0195. The summed E-state index contributed by atoms with van der Waals surface area (Å²) < 4.78 is 8.78. The maximum absolute atomic E-state index is 6.50. The summed E-state index contributed by atoms with van der Waals surface area (Å²) in [5, 5.41) is 2.31. The predicted octanol–water partition coefficient (Wildman–Crippen LogP) is 9.88. The molecular formula is C40H35N5O. The normalized spacial score (nSPS) is 13.0. The number of fused-ring (bicyclic) bond motifs is 4. The molecule has 0 saturated carbocycles. The fraction of sp³-hybridized carbons (Fsp3) is 0.150. The van der Waals surface area contributed by atoms with Gasteiger partial charge in [-0.1, -0.05) is 81.4 Å². The zero-order valence-corrected chi connectivity index (χ0v) is 26.5. The second kappa shape index (κ2) is 10.8. The van der Waals surface area contributed by atoms with Crippen LogP contribution in [0.2, 0.25) is 0 Å². The molecule has 1 aliphatic rings. The number of nitrogens with zero attached hydrogens (tertiary/aromatic N) is 5. The van der Waals surface area contributed by atoms with Crippen molar-refractivity contribution in [2.24, 2.45) is 0 Å². The molecule has 0 aliphatic carbocycles. The summed E-state index contributed by atoms with van der Waals surface area (Å²) in [7, 11) is 2.11. The molecule has 0 unspecified atom stereocenters. The third-order valence-electron chi connectivity index (χ3n) is 8.88. The van der Waals surface area contributed by atoms with E-state index in [2.05, 4.69) is 144 Å². The molecule has 1 aliphatic heterocycles. The Morgan fingerprint density at radius 1 is 0.696 bits per heavy atom. The van der Waals surface area contributed by atoms with Gasteiger partial charge in [-0.25, -0.2) is 9.97 Å². The minimum Gasteiger partial charge on any atom is -0.439 e. The van der Waals surface area contributed by atoms with Gasteiger partial charge in [-0.3, -0.25) is 4.57 Å². The highest BCUT2D eigenvalue weighted by molar-refractivity contribution is 6.14. The molecule has 8 rings (SSSR count). The molecule has 0 radical (unpaired) electrons. The number of ether oxygens (including phenoxy) is 1. The molecule has 0 spiro atoms.